The zero-order chi connectivity index (χ0) is 22.8. The lowest BCUT2D eigenvalue weighted by molar-refractivity contribution is 0.102. The summed E-state index contributed by atoms with van der Waals surface area (Å²) in [6.07, 6.45) is 1.68. The molecular formula is C23H26FN5O3. The van der Waals surface area contributed by atoms with Gasteiger partial charge in [-0.2, -0.15) is 4.98 Å². The molecule has 2 N–H and O–H groups in total. The predicted molar refractivity (Wildman–Crippen MR) is 121 cm³/mol. The molecule has 2 aromatic carbocycles. The summed E-state index contributed by atoms with van der Waals surface area (Å²) in [5.74, 6) is -0.861. The summed E-state index contributed by atoms with van der Waals surface area (Å²) in [5.41, 5.74) is 2.09. The average molecular weight is 439 g/mol. The normalized spacial score (nSPS) is 18.5. The lowest BCUT2D eigenvalue weighted by Crippen LogP contribution is -2.54. The second-order valence-electron chi connectivity index (χ2n) is 7.93. The summed E-state index contributed by atoms with van der Waals surface area (Å²) in [7, 11) is 2.86. The number of amides is 1. The number of anilines is 2. The van der Waals surface area contributed by atoms with E-state index in [0.29, 0.717) is 28.9 Å². The van der Waals surface area contributed by atoms with Crippen molar-refractivity contribution < 1.29 is 18.7 Å². The molecule has 0 radical (unpaired) electrons. The zero-order valence-electron chi connectivity index (χ0n) is 18.5. The van der Waals surface area contributed by atoms with Gasteiger partial charge >= 0.3 is 6.01 Å². The molecule has 1 amide bonds. The third-order valence-corrected chi connectivity index (χ3v) is 5.44. The molecule has 168 valence electrons. The molecule has 0 bridgehead atoms. The van der Waals surface area contributed by atoms with E-state index in [1.165, 1.54) is 26.4 Å². The van der Waals surface area contributed by atoms with E-state index in [0.717, 1.165) is 24.2 Å². The summed E-state index contributed by atoms with van der Waals surface area (Å²) >= 11 is 0. The standard InChI is InChI=1S/C23H26FN5O3/c1-13-11-29(12-14(2)26-13)19-7-6-16(21-17(19)10-25-23(28-21)32-4)22(30)27-15-5-8-20(31-3)18(24)9-15/h5-10,13-14,26H,11-12H2,1-4H3,(H,27,30). The zero-order valence-corrected chi connectivity index (χ0v) is 18.5. The number of aromatic nitrogens is 2. The van der Waals surface area contributed by atoms with Crippen LogP contribution in [0, 0.1) is 5.82 Å². The van der Waals surface area contributed by atoms with Gasteiger partial charge in [0.05, 0.1) is 25.3 Å². The fourth-order valence-electron chi connectivity index (χ4n) is 4.11. The first-order valence-corrected chi connectivity index (χ1v) is 10.4. The number of rotatable bonds is 5. The number of ether oxygens (including phenoxy) is 2. The minimum absolute atomic E-state index is 0.106. The molecular weight excluding hydrogens is 413 g/mol. The molecule has 2 atom stereocenters. The monoisotopic (exact) mass is 439 g/mol. The third-order valence-electron chi connectivity index (χ3n) is 5.44. The van der Waals surface area contributed by atoms with Crippen molar-refractivity contribution in [2.75, 3.05) is 37.5 Å². The van der Waals surface area contributed by atoms with Crippen LogP contribution >= 0.6 is 0 Å². The van der Waals surface area contributed by atoms with Gasteiger partial charge in [0.1, 0.15) is 0 Å². The highest BCUT2D eigenvalue weighted by atomic mass is 19.1. The minimum Gasteiger partial charge on any atom is -0.494 e. The van der Waals surface area contributed by atoms with E-state index in [-0.39, 0.29) is 11.8 Å². The molecule has 2 unspecified atom stereocenters. The molecule has 9 heteroatoms. The minimum atomic E-state index is -0.559. The lowest BCUT2D eigenvalue weighted by Gasteiger charge is -2.38. The summed E-state index contributed by atoms with van der Waals surface area (Å²) in [6.45, 7) is 5.92. The van der Waals surface area contributed by atoms with Crippen LogP contribution in [0.15, 0.2) is 36.5 Å². The molecule has 1 fully saturated rings. The third kappa shape index (κ3) is 4.29. The van der Waals surface area contributed by atoms with Crippen molar-refractivity contribution in [2.45, 2.75) is 25.9 Å². The molecule has 8 nitrogen and oxygen atoms in total. The summed E-state index contributed by atoms with van der Waals surface area (Å²) in [4.78, 5) is 24.1. The number of hydrogen-bond acceptors (Lipinski definition) is 7. The van der Waals surface area contributed by atoms with Gasteiger partial charge in [0.15, 0.2) is 11.6 Å². The van der Waals surface area contributed by atoms with Crippen LogP contribution in [0.1, 0.15) is 24.2 Å². The van der Waals surface area contributed by atoms with Crippen molar-refractivity contribution in [1.82, 2.24) is 15.3 Å². The van der Waals surface area contributed by atoms with Gasteiger partial charge < -0.3 is 25.0 Å². The fraction of sp³-hybridized carbons (Fsp3) is 0.348. The summed E-state index contributed by atoms with van der Waals surface area (Å²) < 4.78 is 24.2. The molecule has 1 aliphatic heterocycles. The van der Waals surface area contributed by atoms with Gasteiger partial charge in [-0.15, -0.1) is 0 Å². The van der Waals surface area contributed by atoms with Crippen molar-refractivity contribution in [2.24, 2.45) is 0 Å². The van der Waals surface area contributed by atoms with Gasteiger partial charge in [0, 0.05) is 54.2 Å². The number of fused-ring (bicyclic) bond motifs is 1. The second kappa shape index (κ2) is 8.96. The highest BCUT2D eigenvalue weighted by Gasteiger charge is 2.24. The first-order chi connectivity index (χ1) is 15.4. The lowest BCUT2D eigenvalue weighted by atomic mass is 10.0. The van der Waals surface area contributed by atoms with Crippen molar-refractivity contribution >= 4 is 28.2 Å². The second-order valence-corrected chi connectivity index (χ2v) is 7.93. The molecule has 0 spiro atoms. The fourth-order valence-corrected chi connectivity index (χ4v) is 4.11. The van der Waals surface area contributed by atoms with Crippen LogP contribution < -0.4 is 25.0 Å². The Morgan fingerprint density at radius 2 is 1.91 bits per heavy atom. The summed E-state index contributed by atoms with van der Waals surface area (Å²) in [5, 5.41) is 7.00. The Hall–Kier alpha value is -3.46. The number of benzene rings is 2. The van der Waals surface area contributed by atoms with Gasteiger partial charge in [0.25, 0.3) is 5.91 Å². The van der Waals surface area contributed by atoms with Crippen molar-refractivity contribution in [1.29, 1.82) is 0 Å². The Balaban J connectivity index is 1.73. The molecule has 2 heterocycles. The molecule has 3 aromatic rings. The molecule has 4 rings (SSSR count). The Morgan fingerprint density at radius 1 is 1.16 bits per heavy atom. The van der Waals surface area contributed by atoms with Crippen LogP contribution in [0.4, 0.5) is 15.8 Å². The van der Waals surface area contributed by atoms with Crippen LogP contribution in [0.25, 0.3) is 10.9 Å². The quantitative estimate of drug-likeness (QED) is 0.631. The van der Waals surface area contributed by atoms with E-state index in [9.17, 15) is 9.18 Å². The molecule has 0 saturated carbocycles. The van der Waals surface area contributed by atoms with E-state index >= 15 is 0 Å². The van der Waals surface area contributed by atoms with E-state index in [1.807, 2.05) is 6.07 Å². The number of methoxy groups -OCH3 is 2. The maximum absolute atomic E-state index is 14.1. The SMILES string of the molecule is COc1ncc2c(N3CC(C)NC(C)C3)ccc(C(=O)Nc3ccc(OC)c(F)c3)c2n1. The topological polar surface area (TPSA) is 88.6 Å². The van der Waals surface area contributed by atoms with E-state index < -0.39 is 11.7 Å². The van der Waals surface area contributed by atoms with Crippen LogP contribution in [0.2, 0.25) is 0 Å². The molecule has 0 aliphatic carbocycles. The largest absolute Gasteiger partial charge is 0.494 e. The first kappa shape index (κ1) is 21.8. The Labute approximate surface area is 185 Å². The van der Waals surface area contributed by atoms with Gasteiger partial charge in [0.2, 0.25) is 0 Å². The average Bonchev–Trinajstić information content (AvgIpc) is 2.77. The van der Waals surface area contributed by atoms with Crippen LogP contribution in [0.3, 0.4) is 0 Å². The molecule has 32 heavy (non-hydrogen) atoms. The Morgan fingerprint density at radius 3 is 2.56 bits per heavy atom. The van der Waals surface area contributed by atoms with Gasteiger partial charge in [-0.25, -0.2) is 9.37 Å². The van der Waals surface area contributed by atoms with E-state index in [4.69, 9.17) is 9.47 Å². The first-order valence-electron chi connectivity index (χ1n) is 10.4. The number of halogens is 1. The maximum Gasteiger partial charge on any atom is 0.316 e. The smallest absolute Gasteiger partial charge is 0.316 e. The van der Waals surface area contributed by atoms with Crippen LogP contribution in [0.5, 0.6) is 11.8 Å². The highest BCUT2D eigenvalue weighted by Crippen LogP contribution is 2.31. The predicted octanol–water partition coefficient (Wildman–Crippen LogP) is 3.23. The summed E-state index contributed by atoms with van der Waals surface area (Å²) in [6, 6.07) is 8.71. The van der Waals surface area contributed by atoms with Crippen molar-refractivity contribution in [3.05, 3.63) is 47.9 Å². The van der Waals surface area contributed by atoms with Crippen molar-refractivity contribution in [3.8, 4) is 11.8 Å². The Bertz CT molecular complexity index is 1150. The maximum atomic E-state index is 14.1. The van der Waals surface area contributed by atoms with Crippen LogP contribution in [-0.2, 0) is 0 Å². The number of piperazine rings is 1. The van der Waals surface area contributed by atoms with Gasteiger partial charge in [-0.3, -0.25) is 4.79 Å². The van der Waals surface area contributed by atoms with E-state index in [2.05, 4.69) is 39.3 Å². The number of carbonyl (C=O) groups excluding carboxylic acids is 1. The van der Waals surface area contributed by atoms with Gasteiger partial charge in [-0.05, 0) is 38.1 Å². The molecule has 1 aliphatic rings. The number of hydrogen-bond donors (Lipinski definition) is 2. The molecule has 1 aromatic heterocycles. The number of carbonyl (C=O) groups is 1. The van der Waals surface area contributed by atoms with Crippen LogP contribution in [-0.4, -0.2) is 55.3 Å². The number of nitrogens with one attached hydrogen (secondary N) is 2. The van der Waals surface area contributed by atoms with E-state index in [1.54, 1.807) is 18.3 Å². The Kier molecular flexibility index (Phi) is 6.09. The van der Waals surface area contributed by atoms with Gasteiger partial charge in [-0.1, -0.05) is 0 Å². The number of nitrogens with zero attached hydrogens (tertiary/aromatic N) is 3. The molecule has 1 saturated heterocycles. The highest BCUT2D eigenvalue weighted by molar-refractivity contribution is 6.13. The van der Waals surface area contributed by atoms with Crippen molar-refractivity contribution in [3.63, 3.8) is 0 Å².